The molecule has 26 heavy (non-hydrogen) atoms. The molecular weight excluding hydrogens is 350 g/mol. The van der Waals surface area contributed by atoms with Crippen LogP contribution >= 0.6 is 0 Å². The number of aldehydes is 1. The maximum absolute atomic E-state index is 12.8. The van der Waals surface area contributed by atoms with E-state index in [1.54, 1.807) is 32.0 Å². The van der Waals surface area contributed by atoms with Gasteiger partial charge in [0.05, 0.1) is 10.1 Å². The summed E-state index contributed by atoms with van der Waals surface area (Å²) >= 11 is 0. The predicted molar refractivity (Wildman–Crippen MR) is 102 cm³/mol. The Morgan fingerprint density at radius 2 is 1.85 bits per heavy atom. The molecule has 0 aliphatic carbocycles. The van der Waals surface area contributed by atoms with Crippen LogP contribution in [0.4, 0.5) is 5.69 Å². The topological polar surface area (TPSA) is 67.6 Å². The number of piperidine rings is 1. The predicted octanol–water partition coefficient (Wildman–Crippen LogP) is 4.18. The molecule has 1 aliphatic heterocycles. The quantitative estimate of drug-likeness (QED) is 0.734. The van der Waals surface area contributed by atoms with E-state index < -0.39 is 15.1 Å². The van der Waals surface area contributed by atoms with Gasteiger partial charge in [-0.3, -0.25) is 4.79 Å². The van der Waals surface area contributed by atoms with Gasteiger partial charge in [-0.25, -0.2) is 8.42 Å². The lowest BCUT2D eigenvalue weighted by atomic mass is 9.98. The summed E-state index contributed by atoms with van der Waals surface area (Å²) in [6.07, 6.45) is 2.87. The van der Waals surface area contributed by atoms with Crippen LogP contribution in [0.2, 0.25) is 0 Å². The van der Waals surface area contributed by atoms with Crippen molar-refractivity contribution in [3.05, 3.63) is 36.1 Å². The van der Waals surface area contributed by atoms with Crippen LogP contribution in [0, 0.1) is 5.92 Å². The van der Waals surface area contributed by atoms with Gasteiger partial charge in [0.1, 0.15) is 5.76 Å². The second-order valence-electron chi connectivity index (χ2n) is 7.26. The van der Waals surface area contributed by atoms with Crippen LogP contribution in [0.3, 0.4) is 0 Å². The van der Waals surface area contributed by atoms with Gasteiger partial charge in [-0.05, 0) is 62.9 Å². The molecule has 0 saturated carbocycles. The highest BCUT2D eigenvalue weighted by Gasteiger charge is 2.26. The van der Waals surface area contributed by atoms with Gasteiger partial charge >= 0.3 is 0 Å². The smallest absolute Gasteiger partial charge is 0.185 e. The molecule has 1 aromatic carbocycles. The number of carbonyl (C=O) groups excluding carboxylic acids is 1. The third-order valence-electron chi connectivity index (χ3n) is 5.05. The van der Waals surface area contributed by atoms with E-state index in [-0.39, 0.29) is 10.7 Å². The molecule has 1 aliphatic rings. The SMILES string of the molecule is CC1CCN(c2ccc(S(=O)(=O)C(C)C)c(-c3ccc(C=O)o3)c2)CC1. The maximum atomic E-state index is 12.8. The number of hydrogen-bond donors (Lipinski definition) is 0. The minimum Gasteiger partial charge on any atom is -0.453 e. The molecule has 3 rings (SSSR count). The molecule has 140 valence electrons. The van der Waals surface area contributed by atoms with Crippen LogP contribution in [-0.4, -0.2) is 33.0 Å². The zero-order valence-corrected chi connectivity index (χ0v) is 16.3. The van der Waals surface area contributed by atoms with Crippen LogP contribution in [0.5, 0.6) is 0 Å². The number of nitrogens with zero attached hydrogens (tertiary/aromatic N) is 1. The summed E-state index contributed by atoms with van der Waals surface area (Å²) in [5.74, 6) is 1.30. The molecule has 0 spiro atoms. The van der Waals surface area contributed by atoms with Gasteiger partial charge in [-0.2, -0.15) is 0 Å². The molecule has 1 fully saturated rings. The minimum atomic E-state index is -3.48. The molecule has 0 unspecified atom stereocenters. The van der Waals surface area contributed by atoms with Crippen LogP contribution in [-0.2, 0) is 9.84 Å². The van der Waals surface area contributed by atoms with E-state index in [0.717, 1.165) is 31.6 Å². The lowest BCUT2D eigenvalue weighted by molar-refractivity contribution is 0.110. The lowest BCUT2D eigenvalue weighted by Crippen LogP contribution is -2.32. The molecule has 2 heterocycles. The lowest BCUT2D eigenvalue weighted by Gasteiger charge is -2.32. The number of benzene rings is 1. The van der Waals surface area contributed by atoms with E-state index in [0.29, 0.717) is 23.5 Å². The van der Waals surface area contributed by atoms with Crippen molar-refractivity contribution in [2.24, 2.45) is 5.92 Å². The van der Waals surface area contributed by atoms with Gasteiger partial charge in [0.15, 0.2) is 21.9 Å². The second-order valence-corrected chi connectivity index (χ2v) is 9.74. The maximum Gasteiger partial charge on any atom is 0.185 e. The van der Waals surface area contributed by atoms with Gasteiger partial charge < -0.3 is 9.32 Å². The number of anilines is 1. The third kappa shape index (κ3) is 3.56. The number of carbonyl (C=O) groups is 1. The van der Waals surface area contributed by atoms with Crippen molar-refractivity contribution in [3.63, 3.8) is 0 Å². The van der Waals surface area contributed by atoms with Crippen molar-refractivity contribution in [2.45, 2.75) is 43.8 Å². The fourth-order valence-corrected chi connectivity index (χ4v) is 4.47. The molecule has 0 N–H and O–H groups in total. The molecule has 0 amide bonds. The number of hydrogen-bond acceptors (Lipinski definition) is 5. The zero-order chi connectivity index (χ0) is 18.9. The first-order chi connectivity index (χ1) is 12.3. The van der Waals surface area contributed by atoms with Crippen LogP contribution in [0.1, 0.15) is 44.2 Å². The second kappa shape index (κ2) is 7.27. The highest BCUT2D eigenvalue weighted by Crippen LogP contribution is 2.35. The van der Waals surface area contributed by atoms with E-state index >= 15 is 0 Å². The van der Waals surface area contributed by atoms with E-state index in [1.807, 2.05) is 12.1 Å². The molecule has 5 nitrogen and oxygen atoms in total. The summed E-state index contributed by atoms with van der Waals surface area (Å²) in [6.45, 7) is 7.49. The average Bonchev–Trinajstić information content (AvgIpc) is 3.11. The van der Waals surface area contributed by atoms with E-state index in [9.17, 15) is 13.2 Å². The number of furan rings is 1. The van der Waals surface area contributed by atoms with Crippen LogP contribution < -0.4 is 4.90 Å². The van der Waals surface area contributed by atoms with Gasteiger partial charge in [-0.1, -0.05) is 6.92 Å². The van der Waals surface area contributed by atoms with Crippen molar-refractivity contribution >= 4 is 21.8 Å². The summed E-state index contributed by atoms with van der Waals surface area (Å²) in [7, 11) is -3.48. The molecule has 0 bridgehead atoms. The normalized spacial score (nSPS) is 16.2. The van der Waals surface area contributed by atoms with Crippen molar-refractivity contribution in [1.29, 1.82) is 0 Å². The summed E-state index contributed by atoms with van der Waals surface area (Å²) < 4.78 is 31.2. The molecule has 0 radical (unpaired) electrons. The fourth-order valence-electron chi connectivity index (χ4n) is 3.24. The Kier molecular flexibility index (Phi) is 5.23. The fraction of sp³-hybridized carbons (Fsp3) is 0.450. The molecular formula is C20H25NO4S. The monoisotopic (exact) mass is 375 g/mol. The van der Waals surface area contributed by atoms with Crippen LogP contribution in [0.15, 0.2) is 39.6 Å². The van der Waals surface area contributed by atoms with E-state index in [2.05, 4.69) is 11.8 Å². The summed E-state index contributed by atoms with van der Waals surface area (Å²) in [5.41, 5.74) is 1.50. The molecule has 0 atom stereocenters. The van der Waals surface area contributed by atoms with Crippen molar-refractivity contribution in [3.8, 4) is 11.3 Å². The molecule has 1 saturated heterocycles. The van der Waals surface area contributed by atoms with Gasteiger partial charge in [0.2, 0.25) is 0 Å². The Labute approximate surface area is 154 Å². The Bertz CT molecular complexity index is 890. The molecule has 6 heteroatoms. The Balaban J connectivity index is 2.09. The highest BCUT2D eigenvalue weighted by atomic mass is 32.2. The van der Waals surface area contributed by atoms with Crippen LogP contribution in [0.25, 0.3) is 11.3 Å². The standard InChI is InChI=1S/C20H25NO4S/c1-14(2)26(23,24)20-7-4-16(21-10-8-15(3)9-11-21)12-18(20)19-6-5-17(13-22)25-19/h4-7,12-15H,8-11H2,1-3H3. The number of rotatable bonds is 5. The Morgan fingerprint density at radius 3 is 2.42 bits per heavy atom. The third-order valence-corrected chi connectivity index (χ3v) is 7.26. The highest BCUT2D eigenvalue weighted by molar-refractivity contribution is 7.92. The average molecular weight is 375 g/mol. The molecule has 1 aromatic heterocycles. The van der Waals surface area contributed by atoms with Crippen molar-refractivity contribution < 1.29 is 17.6 Å². The number of sulfone groups is 1. The summed E-state index contributed by atoms with van der Waals surface area (Å²) in [6, 6.07) is 8.63. The summed E-state index contributed by atoms with van der Waals surface area (Å²) in [4.78, 5) is 13.5. The van der Waals surface area contributed by atoms with Gasteiger partial charge in [0, 0.05) is 24.3 Å². The largest absolute Gasteiger partial charge is 0.453 e. The van der Waals surface area contributed by atoms with Crippen molar-refractivity contribution in [2.75, 3.05) is 18.0 Å². The van der Waals surface area contributed by atoms with E-state index in [1.165, 1.54) is 0 Å². The Morgan fingerprint density at radius 1 is 1.15 bits per heavy atom. The molecule has 2 aromatic rings. The van der Waals surface area contributed by atoms with Gasteiger partial charge in [0.25, 0.3) is 0 Å². The van der Waals surface area contributed by atoms with Gasteiger partial charge in [-0.15, -0.1) is 0 Å². The zero-order valence-electron chi connectivity index (χ0n) is 15.4. The summed E-state index contributed by atoms with van der Waals surface area (Å²) in [5, 5.41) is -0.538. The first kappa shape index (κ1) is 18.7. The first-order valence-corrected chi connectivity index (χ1v) is 10.6. The minimum absolute atomic E-state index is 0.185. The van der Waals surface area contributed by atoms with E-state index in [4.69, 9.17) is 4.42 Å². The van der Waals surface area contributed by atoms with Crippen molar-refractivity contribution in [1.82, 2.24) is 0 Å². The first-order valence-electron chi connectivity index (χ1n) is 9.01. The Hall–Kier alpha value is -2.08.